The number of anilines is 1. The minimum atomic E-state index is -0.121. The van der Waals surface area contributed by atoms with Gasteiger partial charge in [0.2, 0.25) is 5.88 Å². The van der Waals surface area contributed by atoms with Gasteiger partial charge in [-0.2, -0.15) is 0 Å². The number of rotatable bonds is 7. The number of hydrogen-bond donors (Lipinski definition) is 2. The molecule has 0 atom stereocenters. The quantitative estimate of drug-likeness (QED) is 0.465. The highest BCUT2D eigenvalue weighted by atomic mass is 16.5. The smallest absolute Gasteiger partial charge is 0.251 e. The van der Waals surface area contributed by atoms with Gasteiger partial charge < -0.3 is 15.4 Å². The molecule has 0 fully saturated rings. The van der Waals surface area contributed by atoms with E-state index >= 15 is 0 Å². The first kappa shape index (κ1) is 21.2. The number of para-hydroxylation sites is 1. The highest BCUT2D eigenvalue weighted by molar-refractivity contribution is 6.06. The number of carbonyl (C=O) groups excluding carboxylic acids is 1. The summed E-state index contributed by atoms with van der Waals surface area (Å²) in [6, 6.07) is 11.5. The lowest BCUT2D eigenvalue weighted by atomic mass is 10.0. The van der Waals surface area contributed by atoms with Crippen molar-refractivity contribution in [1.29, 1.82) is 0 Å². The fourth-order valence-corrected chi connectivity index (χ4v) is 3.62. The summed E-state index contributed by atoms with van der Waals surface area (Å²) < 4.78 is 5.23. The molecule has 1 amide bonds. The number of methoxy groups -OCH3 is 1. The van der Waals surface area contributed by atoms with Gasteiger partial charge in [0.05, 0.1) is 23.9 Å². The fraction of sp³-hybridized carbons (Fsp3) is 0.208. The Bertz CT molecular complexity index is 1270. The zero-order valence-corrected chi connectivity index (χ0v) is 18.2. The van der Waals surface area contributed by atoms with Crippen LogP contribution in [0, 0.1) is 6.92 Å². The second-order valence-corrected chi connectivity index (χ2v) is 7.27. The minimum absolute atomic E-state index is 0.121. The molecule has 0 bridgehead atoms. The highest BCUT2D eigenvalue weighted by Gasteiger charge is 2.11. The summed E-state index contributed by atoms with van der Waals surface area (Å²) in [5.41, 5.74) is 5.13. The van der Waals surface area contributed by atoms with Crippen LogP contribution in [0.3, 0.4) is 0 Å². The van der Waals surface area contributed by atoms with Crippen LogP contribution in [0.25, 0.3) is 22.2 Å². The first-order chi connectivity index (χ1) is 15.6. The summed E-state index contributed by atoms with van der Waals surface area (Å²) in [4.78, 5) is 29.7. The van der Waals surface area contributed by atoms with E-state index in [4.69, 9.17) is 4.74 Å². The van der Waals surface area contributed by atoms with Crippen LogP contribution in [0.1, 0.15) is 21.5 Å². The van der Waals surface area contributed by atoms with Gasteiger partial charge in [-0.3, -0.25) is 9.78 Å². The van der Waals surface area contributed by atoms with Crippen molar-refractivity contribution in [2.45, 2.75) is 13.3 Å². The van der Waals surface area contributed by atoms with Gasteiger partial charge in [0, 0.05) is 48.6 Å². The predicted molar refractivity (Wildman–Crippen MR) is 124 cm³/mol. The van der Waals surface area contributed by atoms with Crippen LogP contribution in [0.15, 0.2) is 55.1 Å². The van der Waals surface area contributed by atoms with Crippen LogP contribution >= 0.6 is 0 Å². The van der Waals surface area contributed by atoms with E-state index in [0.29, 0.717) is 18.0 Å². The van der Waals surface area contributed by atoms with Gasteiger partial charge in [-0.25, -0.2) is 15.0 Å². The Balaban J connectivity index is 1.50. The lowest BCUT2D eigenvalue weighted by Crippen LogP contribution is -2.18. The minimum Gasteiger partial charge on any atom is -0.481 e. The van der Waals surface area contributed by atoms with Gasteiger partial charge in [-0.05, 0) is 31.0 Å². The Hall–Kier alpha value is -4.07. The third-order valence-electron chi connectivity index (χ3n) is 5.21. The van der Waals surface area contributed by atoms with E-state index in [9.17, 15) is 4.79 Å². The number of fused-ring (bicyclic) bond motifs is 1. The average molecular weight is 428 g/mol. The van der Waals surface area contributed by atoms with E-state index in [1.807, 2.05) is 37.3 Å². The molecule has 0 spiro atoms. The zero-order valence-electron chi connectivity index (χ0n) is 18.2. The normalized spacial score (nSPS) is 10.7. The van der Waals surface area contributed by atoms with Crippen LogP contribution in [0.2, 0.25) is 0 Å². The molecular formula is C24H24N6O2. The Morgan fingerprint density at radius 1 is 1.09 bits per heavy atom. The van der Waals surface area contributed by atoms with E-state index in [1.54, 1.807) is 32.6 Å². The molecule has 1 aromatic carbocycles. The Kier molecular flexibility index (Phi) is 6.21. The lowest BCUT2D eigenvalue weighted by molar-refractivity contribution is 0.0964. The van der Waals surface area contributed by atoms with Crippen molar-refractivity contribution >= 4 is 22.6 Å². The number of carbonyl (C=O) groups is 1. The number of benzene rings is 1. The molecule has 8 nitrogen and oxygen atoms in total. The summed E-state index contributed by atoms with van der Waals surface area (Å²) in [5, 5.41) is 6.88. The molecule has 0 aliphatic rings. The summed E-state index contributed by atoms with van der Waals surface area (Å²) in [6.45, 7) is 2.60. The molecule has 0 unspecified atom stereocenters. The molecule has 8 heteroatoms. The molecule has 2 N–H and O–H groups in total. The van der Waals surface area contributed by atoms with Crippen LogP contribution < -0.4 is 15.4 Å². The van der Waals surface area contributed by atoms with Crippen LogP contribution in [-0.2, 0) is 6.42 Å². The average Bonchev–Trinajstić information content (AvgIpc) is 2.83. The predicted octanol–water partition coefficient (Wildman–Crippen LogP) is 3.42. The van der Waals surface area contributed by atoms with Crippen molar-refractivity contribution in [1.82, 2.24) is 25.3 Å². The fourth-order valence-electron chi connectivity index (χ4n) is 3.62. The van der Waals surface area contributed by atoms with Gasteiger partial charge >= 0.3 is 0 Å². The van der Waals surface area contributed by atoms with Crippen molar-refractivity contribution in [3.63, 3.8) is 0 Å². The van der Waals surface area contributed by atoms with Gasteiger partial charge in [0.15, 0.2) is 0 Å². The maximum Gasteiger partial charge on any atom is 0.251 e. The molecule has 4 aromatic rings. The standard InChI is InChI=1S/C24H24N6O2/c1-15-11-17(13-28-24(15)32-3)20-12-21(30-14-29-20)26-9-7-16-5-4-6-18-19(23(31)25-2)8-10-27-22(16)18/h4-6,8,10-14H,7,9H2,1-3H3,(H,25,31)(H,26,29,30). The number of aryl methyl sites for hydroxylation is 1. The number of amides is 1. The maximum absolute atomic E-state index is 12.2. The van der Waals surface area contributed by atoms with Crippen molar-refractivity contribution < 1.29 is 9.53 Å². The SMILES string of the molecule is CNC(=O)c1ccnc2c(CCNc3cc(-c4cnc(OC)c(C)c4)ncn3)cccc12. The van der Waals surface area contributed by atoms with Crippen LogP contribution in [-0.4, -0.2) is 46.5 Å². The third kappa shape index (κ3) is 4.34. The van der Waals surface area contributed by atoms with E-state index < -0.39 is 0 Å². The van der Waals surface area contributed by atoms with Crippen molar-refractivity contribution in [2.75, 3.05) is 26.0 Å². The summed E-state index contributed by atoms with van der Waals surface area (Å²) in [5.74, 6) is 1.21. The second-order valence-electron chi connectivity index (χ2n) is 7.27. The molecule has 0 aliphatic heterocycles. The van der Waals surface area contributed by atoms with Gasteiger partial charge in [-0.1, -0.05) is 18.2 Å². The monoisotopic (exact) mass is 428 g/mol. The molecule has 3 aromatic heterocycles. The zero-order chi connectivity index (χ0) is 22.5. The van der Waals surface area contributed by atoms with Gasteiger partial charge in [0.1, 0.15) is 12.1 Å². The van der Waals surface area contributed by atoms with E-state index in [2.05, 4.69) is 30.6 Å². The largest absolute Gasteiger partial charge is 0.481 e. The first-order valence-corrected chi connectivity index (χ1v) is 10.3. The summed E-state index contributed by atoms with van der Waals surface area (Å²) >= 11 is 0. The summed E-state index contributed by atoms with van der Waals surface area (Å²) in [7, 11) is 3.23. The number of ether oxygens (including phenoxy) is 1. The van der Waals surface area contributed by atoms with Crippen LogP contribution in [0.4, 0.5) is 5.82 Å². The van der Waals surface area contributed by atoms with E-state index in [-0.39, 0.29) is 5.91 Å². The number of nitrogens with one attached hydrogen (secondary N) is 2. The van der Waals surface area contributed by atoms with Crippen molar-refractivity contribution in [3.8, 4) is 17.1 Å². The van der Waals surface area contributed by atoms with Crippen molar-refractivity contribution in [3.05, 3.63) is 71.8 Å². The van der Waals surface area contributed by atoms with E-state index in [1.165, 1.54) is 6.33 Å². The first-order valence-electron chi connectivity index (χ1n) is 10.3. The number of aromatic nitrogens is 4. The molecule has 162 valence electrons. The molecule has 0 saturated heterocycles. The van der Waals surface area contributed by atoms with Gasteiger partial charge in [-0.15, -0.1) is 0 Å². The molecule has 0 saturated carbocycles. The van der Waals surface area contributed by atoms with Crippen LogP contribution in [0.5, 0.6) is 5.88 Å². The third-order valence-corrected chi connectivity index (χ3v) is 5.21. The Morgan fingerprint density at radius 3 is 2.75 bits per heavy atom. The maximum atomic E-state index is 12.2. The molecule has 4 rings (SSSR count). The molecule has 0 radical (unpaired) electrons. The topological polar surface area (TPSA) is 102 Å². The molecule has 32 heavy (non-hydrogen) atoms. The van der Waals surface area contributed by atoms with Crippen molar-refractivity contribution in [2.24, 2.45) is 0 Å². The number of hydrogen-bond acceptors (Lipinski definition) is 7. The Morgan fingerprint density at radius 2 is 1.97 bits per heavy atom. The number of pyridine rings is 2. The Labute approximate surface area is 186 Å². The van der Waals surface area contributed by atoms with Gasteiger partial charge in [0.25, 0.3) is 5.91 Å². The lowest BCUT2D eigenvalue weighted by Gasteiger charge is -2.11. The second kappa shape index (κ2) is 9.38. The molecular weight excluding hydrogens is 404 g/mol. The van der Waals surface area contributed by atoms with E-state index in [0.717, 1.165) is 45.5 Å². The highest BCUT2D eigenvalue weighted by Crippen LogP contribution is 2.24. The summed E-state index contributed by atoms with van der Waals surface area (Å²) in [6.07, 6.45) is 5.67. The number of nitrogens with zero attached hydrogens (tertiary/aromatic N) is 4. The molecule has 3 heterocycles. The molecule has 0 aliphatic carbocycles.